The van der Waals surface area contributed by atoms with Crippen LogP contribution in [-0.4, -0.2) is 6.10 Å². The van der Waals surface area contributed by atoms with E-state index in [1.54, 1.807) is 6.07 Å². The van der Waals surface area contributed by atoms with Gasteiger partial charge in [-0.05, 0) is 43.5 Å². The van der Waals surface area contributed by atoms with E-state index in [-0.39, 0.29) is 0 Å². The van der Waals surface area contributed by atoms with Crippen molar-refractivity contribution in [3.05, 3.63) is 29.3 Å². The molecule has 1 aliphatic carbocycles. The van der Waals surface area contributed by atoms with Gasteiger partial charge in [0.15, 0.2) is 0 Å². The van der Waals surface area contributed by atoms with Crippen molar-refractivity contribution in [2.24, 2.45) is 0 Å². The van der Waals surface area contributed by atoms with Crippen molar-refractivity contribution in [2.75, 3.05) is 0 Å². The van der Waals surface area contributed by atoms with E-state index in [4.69, 9.17) is 10.00 Å². The Morgan fingerprint density at radius 3 is 2.77 bits per heavy atom. The van der Waals surface area contributed by atoms with Gasteiger partial charge in [0.25, 0.3) is 0 Å². The van der Waals surface area contributed by atoms with E-state index in [0.29, 0.717) is 11.7 Å². The number of nitriles is 1. The molecule has 0 bridgehead atoms. The first-order chi connectivity index (χ1) is 6.29. The minimum atomic E-state index is 0.423. The van der Waals surface area contributed by atoms with Gasteiger partial charge in [-0.25, -0.2) is 0 Å². The molecular weight excluding hydrogens is 162 g/mol. The van der Waals surface area contributed by atoms with Crippen molar-refractivity contribution in [2.45, 2.75) is 25.9 Å². The number of ether oxygens (including phenoxy) is 1. The molecule has 1 aliphatic rings. The van der Waals surface area contributed by atoms with Gasteiger partial charge < -0.3 is 4.74 Å². The van der Waals surface area contributed by atoms with E-state index in [0.717, 1.165) is 11.3 Å². The van der Waals surface area contributed by atoms with E-state index in [2.05, 4.69) is 6.07 Å². The van der Waals surface area contributed by atoms with Gasteiger partial charge in [0.05, 0.1) is 17.7 Å². The van der Waals surface area contributed by atoms with Crippen LogP contribution >= 0.6 is 0 Å². The zero-order valence-electron chi connectivity index (χ0n) is 7.58. The molecule has 2 heteroatoms. The van der Waals surface area contributed by atoms with Crippen LogP contribution in [0, 0.1) is 18.3 Å². The molecule has 0 amide bonds. The van der Waals surface area contributed by atoms with E-state index >= 15 is 0 Å². The van der Waals surface area contributed by atoms with Crippen LogP contribution in [0.5, 0.6) is 5.75 Å². The van der Waals surface area contributed by atoms with Gasteiger partial charge in [-0.15, -0.1) is 0 Å². The summed E-state index contributed by atoms with van der Waals surface area (Å²) in [5.41, 5.74) is 1.74. The maximum absolute atomic E-state index is 8.66. The summed E-state index contributed by atoms with van der Waals surface area (Å²) < 4.78 is 5.65. The first kappa shape index (κ1) is 8.12. The second-order valence-electron chi connectivity index (χ2n) is 3.41. The van der Waals surface area contributed by atoms with Crippen LogP contribution in [0.4, 0.5) is 0 Å². The molecule has 13 heavy (non-hydrogen) atoms. The molecular formula is C11H11NO. The van der Waals surface area contributed by atoms with Crippen molar-refractivity contribution in [3.8, 4) is 11.8 Å². The third kappa shape index (κ3) is 1.81. The van der Waals surface area contributed by atoms with Crippen molar-refractivity contribution < 1.29 is 4.74 Å². The molecule has 0 aliphatic heterocycles. The number of nitrogens with zero attached hydrogens (tertiary/aromatic N) is 1. The van der Waals surface area contributed by atoms with Crippen LogP contribution < -0.4 is 4.74 Å². The molecule has 2 nitrogen and oxygen atoms in total. The Morgan fingerprint density at radius 1 is 1.46 bits per heavy atom. The minimum Gasteiger partial charge on any atom is -0.490 e. The van der Waals surface area contributed by atoms with Crippen molar-refractivity contribution in [1.29, 1.82) is 5.26 Å². The fraction of sp³-hybridized carbons (Fsp3) is 0.364. The normalized spacial score (nSPS) is 15.1. The van der Waals surface area contributed by atoms with Gasteiger partial charge in [0.1, 0.15) is 5.75 Å². The molecule has 0 saturated heterocycles. The van der Waals surface area contributed by atoms with Gasteiger partial charge in [0.2, 0.25) is 0 Å². The van der Waals surface area contributed by atoms with Gasteiger partial charge in [-0.2, -0.15) is 5.26 Å². The Kier molecular flexibility index (Phi) is 1.94. The first-order valence-electron chi connectivity index (χ1n) is 4.47. The van der Waals surface area contributed by atoms with Crippen LogP contribution in [0.15, 0.2) is 18.2 Å². The predicted molar refractivity (Wildman–Crippen MR) is 49.5 cm³/mol. The summed E-state index contributed by atoms with van der Waals surface area (Å²) in [5, 5.41) is 8.66. The molecule has 1 saturated carbocycles. The summed E-state index contributed by atoms with van der Waals surface area (Å²) in [7, 11) is 0. The predicted octanol–water partition coefficient (Wildman–Crippen LogP) is 2.41. The molecule has 0 unspecified atom stereocenters. The van der Waals surface area contributed by atoms with E-state index in [9.17, 15) is 0 Å². The Balaban J connectivity index is 2.21. The Bertz CT molecular complexity index is 361. The van der Waals surface area contributed by atoms with Crippen LogP contribution in [0.25, 0.3) is 0 Å². The highest BCUT2D eigenvalue weighted by atomic mass is 16.5. The molecule has 2 rings (SSSR count). The molecule has 1 fully saturated rings. The summed E-state index contributed by atoms with van der Waals surface area (Å²) >= 11 is 0. The van der Waals surface area contributed by atoms with Crippen LogP contribution in [0.1, 0.15) is 24.0 Å². The fourth-order valence-corrected chi connectivity index (χ4v) is 1.22. The third-order valence-corrected chi connectivity index (χ3v) is 2.12. The van der Waals surface area contributed by atoms with Gasteiger partial charge in [0, 0.05) is 0 Å². The number of hydrogen-bond donors (Lipinski definition) is 0. The molecule has 0 spiro atoms. The standard InChI is InChI=1S/C11H11NO/c1-8-6-9(7-12)2-5-11(8)13-10-3-4-10/h2,5-6,10H,3-4H2,1H3. The Hall–Kier alpha value is -1.49. The smallest absolute Gasteiger partial charge is 0.122 e. The third-order valence-electron chi connectivity index (χ3n) is 2.12. The minimum absolute atomic E-state index is 0.423. The quantitative estimate of drug-likeness (QED) is 0.688. The summed E-state index contributed by atoms with van der Waals surface area (Å²) in [4.78, 5) is 0. The molecule has 0 N–H and O–H groups in total. The maximum Gasteiger partial charge on any atom is 0.122 e. The Labute approximate surface area is 77.8 Å². The second-order valence-corrected chi connectivity index (χ2v) is 3.41. The Morgan fingerprint density at radius 2 is 2.23 bits per heavy atom. The molecule has 0 aromatic heterocycles. The second kappa shape index (κ2) is 3.10. The van der Waals surface area contributed by atoms with E-state index in [1.807, 2.05) is 19.1 Å². The summed E-state index contributed by atoms with van der Waals surface area (Å²) in [6.07, 6.45) is 2.76. The monoisotopic (exact) mass is 173 g/mol. The number of aryl methyl sites for hydroxylation is 1. The van der Waals surface area contributed by atoms with Gasteiger partial charge in [-0.1, -0.05) is 0 Å². The average Bonchev–Trinajstić information content (AvgIpc) is 2.92. The average molecular weight is 173 g/mol. The molecule has 1 aromatic carbocycles. The highest BCUT2D eigenvalue weighted by Gasteiger charge is 2.23. The van der Waals surface area contributed by atoms with Crippen LogP contribution in [0.2, 0.25) is 0 Å². The van der Waals surface area contributed by atoms with Crippen molar-refractivity contribution in [1.82, 2.24) is 0 Å². The molecule has 1 aromatic rings. The lowest BCUT2D eigenvalue weighted by Crippen LogP contribution is -1.97. The highest BCUT2D eigenvalue weighted by Crippen LogP contribution is 2.29. The zero-order valence-corrected chi connectivity index (χ0v) is 7.58. The fourth-order valence-electron chi connectivity index (χ4n) is 1.22. The number of rotatable bonds is 2. The molecule has 66 valence electrons. The SMILES string of the molecule is Cc1cc(C#N)ccc1OC1CC1. The molecule has 0 radical (unpaired) electrons. The number of benzene rings is 1. The van der Waals surface area contributed by atoms with Gasteiger partial charge >= 0.3 is 0 Å². The highest BCUT2D eigenvalue weighted by molar-refractivity contribution is 5.41. The lowest BCUT2D eigenvalue weighted by molar-refractivity contribution is 0.301. The first-order valence-corrected chi connectivity index (χ1v) is 4.47. The largest absolute Gasteiger partial charge is 0.490 e. The lowest BCUT2D eigenvalue weighted by atomic mass is 10.1. The van der Waals surface area contributed by atoms with Crippen molar-refractivity contribution in [3.63, 3.8) is 0 Å². The maximum atomic E-state index is 8.66. The van der Waals surface area contributed by atoms with E-state index < -0.39 is 0 Å². The lowest BCUT2D eigenvalue weighted by Gasteiger charge is -2.07. The topological polar surface area (TPSA) is 33.0 Å². The van der Waals surface area contributed by atoms with Crippen LogP contribution in [-0.2, 0) is 0 Å². The number of hydrogen-bond acceptors (Lipinski definition) is 2. The van der Waals surface area contributed by atoms with E-state index in [1.165, 1.54) is 12.8 Å². The summed E-state index contributed by atoms with van der Waals surface area (Å²) in [6, 6.07) is 7.64. The molecule has 0 atom stereocenters. The summed E-state index contributed by atoms with van der Waals surface area (Å²) in [5.74, 6) is 0.918. The zero-order chi connectivity index (χ0) is 9.26. The van der Waals surface area contributed by atoms with Crippen LogP contribution in [0.3, 0.4) is 0 Å². The van der Waals surface area contributed by atoms with Crippen molar-refractivity contribution >= 4 is 0 Å². The molecule has 0 heterocycles. The summed E-state index contributed by atoms with van der Waals surface area (Å²) in [6.45, 7) is 1.97. The van der Waals surface area contributed by atoms with Gasteiger partial charge in [-0.3, -0.25) is 0 Å².